The van der Waals surface area contributed by atoms with Gasteiger partial charge in [-0.15, -0.1) is 0 Å². The zero-order chi connectivity index (χ0) is 16.1. The van der Waals surface area contributed by atoms with Crippen molar-refractivity contribution in [1.82, 2.24) is 10.2 Å². The third kappa shape index (κ3) is 3.92. The molecule has 1 amide bonds. The van der Waals surface area contributed by atoms with Crippen molar-refractivity contribution in [1.29, 1.82) is 0 Å². The molecular formula is C18H22N2O2S. The van der Waals surface area contributed by atoms with E-state index in [1.54, 1.807) is 24.5 Å². The Balaban J connectivity index is 1.67. The minimum absolute atomic E-state index is 0.0525. The number of benzene rings is 1. The zero-order valence-corrected chi connectivity index (χ0v) is 14.1. The van der Waals surface area contributed by atoms with E-state index < -0.39 is 0 Å². The van der Waals surface area contributed by atoms with Crippen molar-refractivity contribution in [2.75, 3.05) is 26.7 Å². The van der Waals surface area contributed by atoms with E-state index in [0.29, 0.717) is 17.9 Å². The molecule has 0 spiro atoms. The minimum Gasteiger partial charge on any atom is -0.497 e. The smallest absolute Gasteiger partial charge is 0.251 e. The minimum atomic E-state index is -0.0525. The number of likely N-dealkylation sites (tertiary alicyclic amines) is 1. The molecule has 5 heteroatoms. The Bertz CT molecular complexity index is 636. The molecule has 23 heavy (non-hydrogen) atoms. The Hall–Kier alpha value is -1.85. The van der Waals surface area contributed by atoms with Crippen LogP contribution in [-0.4, -0.2) is 37.6 Å². The summed E-state index contributed by atoms with van der Waals surface area (Å²) in [7, 11) is 1.61. The molecule has 122 valence electrons. The van der Waals surface area contributed by atoms with Crippen LogP contribution in [0, 0.1) is 0 Å². The second-order valence-corrected chi connectivity index (χ2v) is 6.54. The third-order valence-corrected chi connectivity index (χ3v) is 5.00. The number of hydrogen-bond acceptors (Lipinski definition) is 4. The van der Waals surface area contributed by atoms with Gasteiger partial charge in [0.15, 0.2) is 0 Å². The summed E-state index contributed by atoms with van der Waals surface area (Å²) in [6.45, 7) is 2.85. The highest BCUT2D eigenvalue weighted by atomic mass is 32.1. The van der Waals surface area contributed by atoms with E-state index in [-0.39, 0.29) is 11.9 Å². The monoisotopic (exact) mass is 330 g/mol. The first kappa shape index (κ1) is 16.0. The summed E-state index contributed by atoms with van der Waals surface area (Å²) in [6, 6.07) is 9.68. The van der Waals surface area contributed by atoms with Gasteiger partial charge in [0.2, 0.25) is 0 Å². The van der Waals surface area contributed by atoms with Gasteiger partial charge >= 0.3 is 0 Å². The van der Waals surface area contributed by atoms with Crippen molar-refractivity contribution >= 4 is 17.2 Å². The van der Waals surface area contributed by atoms with Gasteiger partial charge in [0.25, 0.3) is 5.91 Å². The van der Waals surface area contributed by atoms with Gasteiger partial charge in [0.1, 0.15) is 5.75 Å². The zero-order valence-electron chi connectivity index (χ0n) is 13.3. The van der Waals surface area contributed by atoms with Crippen LogP contribution in [0.3, 0.4) is 0 Å². The van der Waals surface area contributed by atoms with Crippen LogP contribution in [0.25, 0.3) is 0 Å². The second-order valence-electron chi connectivity index (χ2n) is 5.76. The van der Waals surface area contributed by atoms with Gasteiger partial charge in [0, 0.05) is 12.1 Å². The van der Waals surface area contributed by atoms with Crippen molar-refractivity contribution in [3.63, 3.8) is 0 Å². The van der Waals surface area contributed by atoms with Crippen molar-refractivity contribution in [2.45, 2.75) is 18.9 Å². The predicted molar refractivity (Wildman–Crippen MR) is 93.2 cm³/mol. The highest BCUT2D eigenvalue weighted by Crippen LogP contribution is 2.26. The number of carbonyl (C=O) groups excluding carboxylic acids is 1. The number of ether oxygens (including phenoxy) is 1. The van der Waals surface area contributed by atoms with Crippen LogP contribution in [0.2, 0.25) is 0 Å². The summed E-state index contributed by atoms with van der Waals surface area (Å²) in [5.41, 5.74) is 1.93. The van der Waals surface area contributed by atoms with Crippen LogP contribution in [0.15, 0.2) is 41.1 Å². The lowest BCUT2D eigenvalue weighted by molar-refractivity contribution is 0.0937. The molecule has 0 aliphatic carbocycles. The van der Waals surface area contributed by atoms with Crippen LogP contribution >= 0.6 is 11.3 Å². The van der Waals surface area contributed by atoms with E-state index in [9.17, 15) is 4.79 Å². The van der Waals surface area contributed by atoms with Crippen molar-refractivity contribution in [3.8, 4) is 5.75 Å². The van der Waals surface area contributed by atoms with Crippen LogP contribution in [0.5, 0.6) is 5.75 Å². The Morgan fingerprint density at radius 2 is 2.17 bits per heavy atom. The number of nitrogens with one attached hydrogen (secondary N) is 1. The fourth-order valence-electron chi connectivity index (χ4n) is 3.03. The van der Waals surface area contributed by atoms with Gasteiger partial charge in [-0.1, -0.05) is 6.07 Å². The summed E-state index contributed by atoms with van der Waals surface area (Å²) < 4.78 is 5.18. The third-order valence-electron chi connectivity index (χ3n) is 4.30. The topological polar surface area (TPSA) is 41.6 Å². The quantitative estimate of drug-likeness (QED) is 0.883. The van der Waals surface area contributed by atoms with E-state index in [4.69, 9.17) is 4.74 Å². The van der Waals surface area contributed by atoms with Crippen LogP contribution in [-0.2, 0) is 0 Å². The fourth-order valence-corrected chi connectivity index (χ4v) is 3.74. The summed E-state index contributed by atoms with van der Waals surface area (Å²) in [6.07, 6.45) is 2.48. The normalized spacial score (nSPS) is 16.2. The van der Waals surface area contributed by atoms with Crippen molar-refractivity contribution in [3.05, 3.63) is 52.2 Å². The number of hydrogen-bond donors (Lipinski definition) is 1. The maximum atomic E-state index is 12.4. The number of carbonyl (C=O) groups is 1. The number of thiophene rings is 1. The first-order valence-electron chi connectivity index (χ1n) is 7.96. The number of methoxy groups -OCH3 is 1. The van der Waals surface area contributed by atoms with E-state index in [0.717, 1.165) is 13.1 Å². The molecule has 3 rings (SSSR count). The van der Waals surface area contributed by atoms with Crippen molar-refractivity contribution in [2.24, 2.45) is 0 Å². The largest absolute Gasteiger partial charge is 0.497 e. The SMILES string of the molecule is COc1cccc(C(=O)NC[C@@H](c2ccsc2)N2CCCC2)c1. The lowest BCUT2D eigenvalue weighted by Gasteiger charge is -2.27. The van der Waals surface area contributed by atoms with E-state index in [2.05, 4.69) is 27.0 Å². The van der Waals surface area contributed by atoms with Gasteiger partial charge in [-0.2, -0.15) is 11.3 Å². The number of rotatable bonds is 6. The molecule has 1 atom stereocenters. The molecule has 2 heterocycles. The molecule has 0 bridgehead atoms. The average molecular weight is 330 g/mol. The Kier molecular flexibility index (Phi) is 5.31. The van der Waals surface area contributed by atoms with E-state index >= 15 is 0 Å². The van der Waals surface area contributed by atoms with Gasteiger partial charge < -0.3 is 10.1 Å². The van der Waals surface area contributed by atoms with Crippen LogP contribution in [0.4, 0.5) is 0 Å². The Morgan fingerprint density at radius 3 is 2.87 bits per heavy atom. The van der Waals surface area contributed by atoms with Gasteiger partial charge in [0.05, 0.1) is 13.2 Å². The summed E-state index contributed by atoms with van der Waals surface area (Å²) in [5, 5.41) is 7.36. The van der Waals surface area contributed by atoms with Crippen LogP contribution in [0.1, 0.15) is 34.8 Å². The van der Waals surface area contributed by atoms with Gasteiger partial charge in [-0.05, 0) is 66.5 Å². The standard InChI is InChI=1S/C18H22N2O2S/c1-22-16-6-4-5-14(11-16)18(21)19-12-17(15-7-10-23-13-15)20-8-2-3-9-20/h4-7,10-11,13,17H,2-3,8-9,12H2,1H3,(H,19,21)/t17-/m0/s1. The highest BCUT2D eigenvalue weighted by Gasteiger charge is 2.24. The van der Waals surface area contributed by atoms with E-state index in [1.807, 2.05) is 18.2 Å². The number of amides is 1. The van der Waals surface area contributed by atoms with Gasteiger partial charge in [-0.25, -0.2) is 0 Å². The lowest BCUT2D eigenvalue weighted by atomic mass is 10.1. The van der Waals surface area contributed by atoms with Crippen molar-refractivity contribution < 1.29 is 9.53 Å². The molecule has 4 nitrogen and oxygen atoms in total. The lowest BCUT2D eigenvalue weighted by Crippen LogP contribution is -2.36. The molecule has 0 radical (unpaired) electrons. The molecule has 0 unspecified atom stereocenters. The predicted octanol–water partition coefficient (Wildman–Crippen LogP) is 3.32. The second kappa shape index (κ2) is 7.62. The Labute approximate surface area is 141 Å². The molecule has 0 saturated carbocycles. The first-order valence-corrected chi connectivity index (χ1v) is 8.90. The molecule has 1 aromatic heterocycles. The summed E-state index contributed by atoms with van der Waals surface area (Å²) in [5.74, 6) is 0.648. The fraction of sp³-hybridized carbons (Fsp3) is 0.389. The first-order chi connectivity index (χ1) is 11.3. The van der Waals surface area contributed by atoms with Gasteiger partial charge in [-0.3, -0.25) is 9.69 Å². The molecule has 1 aliphatic rings. The summed E-state index contributed by atoms with van der Waals surface area (Å²) in [4.78, 5) is 14.9. The Morgan fingerprint density at radius 1 is 1.35 bits per heavy atom. The average Bonchev–Trinajstić information content (AvgIpc) is 3.29. The molecule has 1 aromatic carbocycles. The van der Waals surface area contributed by atoms with Crippen LogP contribution < -0.4 is 10.1 Å². The molecule has 1 N–H and O–H groups in total. The summed E-state index contributed by atoms with van der Waals surface area (Å²) >= 11 is 1.71. The molecular weight excluding hydrogens is 308 g/mol. The maximum Gasteiger partial charge on any atom is 0.251 e. The molecule has 1 saturated heterocycles. The number of nitrogens with zero attached hydrogens (tertiary/aromatic N) is 1. The molecule has 1 fully saturated rings. The van der Waals surface area contributed by atoms with E-state index in [1.165, 1.54) is 18.4 Å². The maximum absolute atomic E-state index is 12.4. The molecule has 2 aromatic rings. The highest BCUT2D eigenvalue weighted by molar-refractivity contribution is 7.07. The molecule has 1 aliphatic heterocycles.